The highest BCUT2D eigenvalue weighted by Gasteiger charge is 2.13. The Kier molecular flexibility index (Phi) is 6.70. The van der Waals surface area contributed by atoms with Gasteiger partial charge in [-0.25, -0.2) is 0 Å². The molecule has 0 bridgehead atoms. The second-order valence-electron chi connectivity index (χ2n) is 5.68. The lowest BCUT2D eigenvalue weighted by atomic mass is 10.1. The Morgan fingerprint density at radius 3 is 2.85 bits per heavy atom. The summed E-state index contributed by atoms with van der Waals surface area (Å²) in [6.45, 7) is 6.75. The maximum Gasteiger partial charge on any atom is 0.234 e. The van der Waals surface area contributed by atoms with Crippen LogP contribution in [0.4, 0.5) is 0 Å². The highest BCUT2D eigenvalue weighted by atomic mass is 16.5. The van der Waals surface area contributed by atoms with E-state index >= 15 is 0 Å². The third kappa shape index (κ3) is 7.93. The number of carbonyl (C=O) groups excluding carboxylic acids is 1. The zero-order valence-corrected chi connectivity index (χ0v) is 12.3. The normalized spacial score (nSPS) is 13.2. The van der Waals surface area contributed by atoms with E-state index in [-0.39, 0.29) is 24.6 Å². The number of hydrogen-bond donors (Lipinski definition) is 3. The van der Waals surface area contributed by atoms with Crippen LogP contribution in [0.1, 0.15) is 26.5 Å². The van der Waals surface area contributed by atoms with Gasteiger partial charge in [0.05, 0.1) is 25.5 Å². The van der Waals surface area contributed by atoms with E-state index in [2.05, 4.69) is 10.6 Å². The number of furan rings is 1. The van der Waals surface area contributed by atoms with Crippen molar-refractivity contribution in [2.24, 2.45) is 0 Å². The minimum absolute atomic E-state index is 0.0961. The molecule has 1 atom stereocenters. The van der Waals surface area contributed by atoms with Crippen LogP contribution in [0.15, 0.2) is 22.8 Å². The molecule has 114 valence electrons. The van der Waals surface area contributed by atoms with Gasteiger partial charge in [0.15, 0.2) is 0 Å². The molecule has 0 aliphatic carbocycles. The van der Waals surface area contributed by atoms with Gasteiger partial charge in [-0.2, -0.15) is 0 Å². The molecule has 0 fully saturated rings. The van der Waals surface area contributed by atoms with Crippen molar-refractivity contribution in [1.82, 2.24) is 10.6 Å². The lowest BCUT2D eigenvalue weighted by Gasteiger charge is -2.21. The van der Waals surface area contributed by atoms with E-state index in [9.17, 15) is 9.90 Å². The topological polar surface area (TPSA) is 83.7 Å². The van der Waals surface area contributed by atoms with Gasteiger partial charge in [-0.1, -0.05) is 0 Å². The van der Waals surface area contributed by atoms with Gasteiger partial charge in [-0.15, -0.1) is 0 Å². The molecule has 20 heavy (non-hydrogen) atoms. The molecular formula is C14H24N2O4. The number of ether oxygens (including phenoxy) is 1. The number of amides is 1. The third-order valence-electron chi connectivity index (χ3n) is 2.31. The number of carbonyl (C=O) groups is 1. The van der Waals surface area contributed by atoms with Crippen LogP contribution in [0, 0.1) is 0 Å². The summed E-state index contributed by atoms with van der Waals surface area (Å²) in [6, 6.07) is 3.59. The first-order chi connectivity index (χ1) is 9.37. The van der Waals surface area contributed by atoms with Crippen LogP contribution in [0.25, 0.3) is 0 Å². The van der Waals surface area contributed by atoms with E-state index in [0.29, 0.717) is 13.2 Å². The number of rotatable bonds is 8. The number of aliphatic hydroxyl groups is 1. The SMILES string of the molecule is CC(C)(C)NC(=O)CNCC(O)COCc1ccco1. The molecule has 1 unspecified atom stereocenters. The predicted octanol–water partition coefficient (Wildman–Crippen LogP) is 0.661. The van der Waals surface area contributed by atoms with E-state index in [0.717, 1.165) is 5.76 Å². The zero-order chi connectivity index (χ0) is 15.0. The molecule has 0 radical (unpaired) electrons. The maximum atomic E-state index is 11.5. The molecule has 0 aromatic carbocycles. The van der Waals surface area contributed by atoms with Crippen molar-refractivity contribution in [3.63, 3.8) is 0 Å². The van der Waals surface area contributed by atoms with E-state index in [4.69, 9.17) is 9.15 Å². The first kappa shape index (κ1) is 16.7. The Hall–Kier alpha value is -1.37. The van der Waals surface area contributed by atoms with Crippen molar-refractivity contribution in [3.05, 3.63) is 24.2 Å². The summed E-state index contributed by atoms with van der Waals surface area (Å²) in [5.41, 5.74) is -0.246. The Balaban J connectivity index is 2.05. The fourth-order valence-corrected chi connectivity index (χ4v) is 1.56. The van der Waals surface area contributed by atoms with Crippen LogP contribution in [-0.4, -0.2) is 42.4 Å². The summed E-state index contributed by atoms with van der Waals surface area (Å²) < 4.78 is 10.4. The van der Waals surface area contributed by atoms with Crippen LogP contribution in [-0.2, 0) is 16.1 Å². The van der Waals surface area contributed by atoms with E-state index in [1.165, 1.54) is 0 Å². The van der Waals surface area contributed by atoms with Crippen LogP contribution in [0.5, 0.6) is 0 Å². The number of aliphatic hydroxyl groups excluding tert-OH is 1. The second-order valence-corrected chi connectivity index (χ2v) is 5.68. The van der Waals surface area contributed by atoms with Gasteiger partial charge in [0.25, 0.3) is 0 Å². The van der Waals surface area contributed by atoms with E-state index in [1.54, 1.807) is 12.3 Å². The van der Waals surface area contributed by atoms with Crippen molar-refractivity contribution < 1.29 is 19.1 Å². The fourth-order valence-electron chi connectivity index (χ4n) is 1.56. The average molecular weight is 284 g/mol. The van der Waals surface area contributed by atoms with Gasteiger partial charge in [0, 0.05) is 12.1 Å². The van der Waals surface area contributed by atoms with E-state index < -0.39 is 6.10 Å². The number of hydrogen-bond acceptors (Lipinski definition) is 5. The molecule has 1 aromatic heterocycles. The smallest absolute Gasteiger partial charge is 0.234 e. The third-order valence-corrected chi connectivity index (χ3v) is 2.31. The highest BCUT2D eigenvalue weighted by Crippen LogP contribution is 2.02. The van der Waals surface area contributed by atoms with Crippen molar-refractivity contribution in [2.45, 2.75) is 39.0 Å². The molecular weight excluding hydrogens is 260 g/mol. The van der Waals surface area contributed by atoms with Crippen molar-refractivity contribution >= 4 is 5.91 Å². The Morgan fingerprint density at radius 2 is 2.25 bits per heavy atom. The number of nitrogens with one attached hydrogen (secondary N) is 2. The monoisotopic (exact) mass is 284 g/mol. The van der Waals surface area contributed by atoms with Gasteiger partial charge < -0.3 is 24.9 Å². The van der Waals surface area contributed by atoms with Crippen molar-refractivity contribution in [2.75, 3.05) is 19.7 Å². The minimum Gasteiger partial charge on any atom is -0.467 e. The van der Waals surface area contributed by atoms with Crippen LogP contribution < -0.4 is 10.6 Å². The van der Waals surface area contributed by atoms with Gasteiger partial charge in [0.2, 0.25) is 5.91 Å². The lowest BCUT2D eigenvalue weighted by molar-refractivity contribution is -0.121. The average Bonchev–Trinajstić information content (AvgIpc) is 2.79. The van der Waals surface area contributed by atoms with Crippen molar-refractivity contribution in [3.8, 4) is 0 Å². The van der Waals surface area contributed by atoms with Crippen molar-refractivity contribution in [1.29, 1.82) is 0 Å². The molecule has 1 amide bonds. The Morgan fingerprint density at radius 1 is 1.50 bits per heavy atom. The summed E-state index contributed by atoms with van der Waals surface area (Å²) in [6.07, 6.45) is 0.914. The van der Waals surface area contributed by atoms with Crippen LogP contribution in [0.2, 0.25) is 0 Å². The Labute approximate surface area is 119 Å². The molecule has 3 N–H and O–H groups in total. The van der Waals surface area contributed by atoms with Gasteiger partial charge in [-0.05, 0) is 32.9 Å². The molecule has 1 rings (SSSR count). The molecule has 6 heteroatoms. The van der Waals surface area contributed by atoms with E-state index in [1.807, 2.05) is 26.8 Å². The van der Waals surface area contributed by atoms with Gasteiger partial charge in [0.1, 0.15) is 12.4 Å². The molecule has 1 aromatic rings. The molecule has 0 spiro atoms. The highest BCUT2D eigenvalue weighted by molar-refractivity contribution is 5.78. The quantitative estimate of drug-likeness (QED) is 0.653. The molecule has 0 saturated heterocycles. The van der Waals surface area contributed by atoms with Gasteiger partial charge >= 0.3 is 0 Å². The first-order valence-electron chi connectivity index (χ1n) is 6.67. The predicted molar refractivity (Wildman–Crippen MR) is 75.1 cm³/mol. The summed E-state index contributed by atoms with van der Waals surface area (Å²) in [5, 5.41) is 15.4. The van der Waals surface area contributed by atoms with Crippen LogP contribution >= 0.6 is 0 Å². The van der Waals surface area contributed by atoms with Crippen LogP contribution in [0.3, 0.4) is 0 Å². The molecule has 0 aliphatic rings. The van der Waals surface area contributed by atoms with Gasteiger partial charge in [-0.3, -0.25) is 4.79 Å². The molecule has 1 heterocycles. The zero-order valence-electron chi connectivity index (χ0n) is 12.3. The standard InChI is InChI=1S/C14H24N2O4/c1-14(2,3)16-13(18)8-15-7-11(17)9-19-10-12-5-4-6-20-12/h4-6,11,15,17H,7-10H2,1-3H3,(H,16,18). The maximum absolute atomic E-state index is 11.5. The second kappa shape index (κ2) is 8.04. The summed E-state index contributed by atoms with van der Waals surface area (Å²) in [4.78, 5) is 11.5. The fraction of sp³-hybridized carbons (Fsp3) is 0.643. The molecule has 0 aliphatic heterocycles. The lowest BCUT2D eigenvalue weighted by Crippen LogP contribution is -2.46. The molecule has 0 saturated carbocycles. The largest absolute Gasteiger partial charge is 0.467 e. The Bertz CT molecular complexity index is 384. The first-order valence-corrected chi connectivity index (χ1v) is 6.67. The molecule has 6 nitrogen and oxygen atoms in total. The summed E-state index contributed by atoms with van der Waals surface area (Å²) in [7, 11) is 0. The summed E-state index contributed by atoms with van der Waals surface area (Å²) >= 11 is 0. The summed E-state index contributed by atoms with van der Waals surface area (Å²) in [5.74, 6) is 0.621. The minimum atomic E-state index is -0.660.